The highest BCUT2D eigenvalue weighted by atomic mass is 32.2. The molecule has 42 heavy (non-hydrogen) atoms. The lowest BCUT2D eigenvalue weighted by Crippen LogP contribution is -2.23. The number of hydrogen-bond donors (Lipinski definition) is 3. The minimum Gasteiger partial charge on any atom is -0.355 e. The van der Waals surface area contributed by atoms with Gasteiger partial charge in [0.25, 0.3) is 10.1 Å². The first kappa shape index (κ1) is 29.2. The van der Waals surface area contributed by atoms with E-state index in [-0.39, 0.29) is 33.0 Å². The van der Waals surface area contributed by atoms with E-state index in [1.807, 2.05) is 45.0 Å². The van der Waals surface area contributed by atoms with Gasteiger partial charge in [0.2, 0.25) is 0 Å². The second-order valence-electron chi connectivity index (χ2n) is 12.6. The van der Waals surface area contributed by atoms with E-state index in [4.69, 9.17) is 0 Å². The third kappa shape index (κ3) is 5.47. The lowest BCUT2D eigenvalue weighted by Gasteiger charge is -2.25. The molecule has 0 fully saturated rings. The summed E-state index contributed by atoms with van der Waals surface area (Å²) in [5.74, 6) is -0.616. The van der Waals surface area contributed by atoms with E-state index in [0.29, 0.717) is 33.8 Å². The first-order chi connectivity index (χ1) is 19.6. The predicted molar refractivity (Wildman–Crippen MR) is 166 cm³/mol. The Kier molecular flexibility index (Phi) is 7.11. The first-order valence-electron chi connectivity index (χ1n) is 13.7. The maximum atomic E-state index is 13.9. The van der Waals surface area contributed by atoms with Gasteiger partial charge in [-0.25, -0.2) is 0 Å². The van der Waals surface area contributed by atoms with Crippen molar-refractivity contribution in [2.24, 2.45) is 0 Å². The Balaban J connectivity index is 1.63. The van der Waals surface area contributed by atoms with Gasteiger partial charge in [-0.2, -0.15) is 8.42 Å². The molecule has 4 aromatic rings. The summed E-state index contributed by atoms with van der Waals surface area (Å²) in [7, 11) is -4.53. The summed E-state index contributed by atoms with van der Waals surface area (Å²) >= 11 is 0. The van der Waals surface area contributed by atoms with Gasteiger partial charge in [0.15, 0.2) is 11.6 Å². The highest BCUT2D eigenvalue weighted by molar-refractivity contribution is 7.85. The van der Waals surface area contributed by atoms with Crippen molar-refractivity contribution in [3.05, 3.63) is 112 Å². The minimum absolute atomic E-state index is 0.0165. The van der Waals surface area contributed by atoms with Crippen molar-refractivity contribution in [3.8, 4) is 0 Å². The van der Waals surface area contributed by atoms with Crippen LogP contribution < -0.4 is 10.6 Å². The van der Waals surface area contributed by atoms with Gasteiger partial charge in [-0.15, -0.1) is 0 Å². The van der Waals surface area contributed by atoms with Crippen molar-refractivity contribution < 1.29 is 22.6 Å². The number of rotatable bonds is 5. The van der Waals surface area contributed by atoms with Gasteiger partial charge >= 0.3 is 0 Å². The number of anilines is 4. The number of carbonyl (C=O) groups is 2. The summed E-state index contributed by atoms with van der Waals surface area (Å²) < 4.78 is 34.5. The van der Waals surface area contributed by atoms with E-state index in [1.165, 1.54) is 6.07 Å². The molecule has 1 aliphatic carbocycles. The number of nitrogens with one attached hydrogen (secondary N) is 2. The van der Waals surface area contributed by atoms with Crippen LogP contribution in [0.3, 0.4) is 0 Å². The lowest BCUT2D eigenvalue weighted by atomic mass is 9.82. The Hall–Kier alpha value is -4.27. The van der Waals surface area contributed by atoms with Gasteiger partial charge in [0.05, 0.1) is 27.4 Å². The molecule has 3 N–H and O–H groups in total. The quantitative estimate of drug-likeness (QED) is 0.181. The summed E-state index contributed by atoms with van der Waals surface area (Å²) in [5.41, 5.74) is 4.01. The van der Waals surface area contributed by atoms with E-state index in [9.17, 15) is 22.6 Å². The fourth-order valence-electron chi connectivity index (χ4n) is 5.23. The summed E-state index contributed by atoms with van der Waals surface area (Å²) in [4.78, 5) is 27.5. The molecular weight excluding hydrogens is 548 g/mol. The average molecular weight is 583 g/mol. The third-order valence-electron chi connectivity index (χ3n) is 7.45. The Morgan fingerprint density at radius 1 is 0.619 bits per heavy atom. The fraction of sp³-hybridized carbons (Fsp3) is 0.235. The van der Waals surface area contributed by atoms with Gasteiger partial charge in [-0.3, -0.25) is 14.1 Å². The van der Waals surface area contributed by atoms with Crippen molar-refractivity contribution in [2.75, 3.05) is 10.6 Å². The lowest BCUT2D eigenvalue weighted by molar-refractivity contribution is 0.0980. The predicted octanol–water partition coefficient (Wildman–Crippen LogP) is 7.79. The largest absolute Gasteiger partial charge is 0.355 e. The number of hydrogen-bond acceptors (Lipinski definition) is 6. The molecule has 0 heterocycles. The number of carbonyl (C=O) groups excluding carboxylic acids is 2. The van der Waals surface area contributed by atoms with E-state index in [2.05, 4.69) is 31.4 Å². The van der Waals surface area contributed by atoms with Gasteiger partial charge < -0.3 is 10.6 Å². The summed E-state index contributed by atoms with van der Waals surface area (Å²) in [5, 5.41) is 6.47. The van der Waals surface area contributed by atoms with Crippen molar-refractivity contribution in [1.29, 1.82) is 0 Å². The zero-order valence-corrected chi connectivity index (χ0v) is 25.3. The molecule has 0 unspecified atom stereocenters. The standard InChI is InChI=1S/C34H34N2O5S/c1-33(2,3)20-11-13-21(14-12-20)35-26-17-18-27(30-29(26)31(37)23-9-7-8-10-24(23)32(30)38)36-22-15-16-25(34(4,5)6)28(19-22)42(39,40)41/h7-19,35-36H,1-6H3,(H,39,40,41). The second-order valence-corrected chi connectivity index (χ2v) is 14.0. The number of fused-ring (bicyclic) bond motifs is 2. The molecular formula is C34H34N2O5S. The SMILES string of the molecule is CC(C)(C)c1ccc(Nc2ccc(Nc3ccc(C(C)(C)C)c(S(=O)(=O)O)c3)c3c2C(=O)c2ccccc2C3=O)cc1. The summed E-state index contributed by atoms with van der Waals surface area (Å²) in [6.45, 7) is 12.0. The highest BCUT2D eigenvalue weighted by Gasteiger charge is 2.34. The summed E-state index contributed by atoms with van der Waals surface area (Å²) in [6, 6.07) is 22.7. The zero-order valence-electron chi connectivity index (χ0n) is 24.5. The van der Waals surface area contributed by atoms with Crippen molar-refractivity contribution in [2.45, 2.75) is 57.3 Å². The minimum atomic E-state index is -4.53. The third-order valence-corrected chi connectivity index (χ3v) is 8.35. The van der Waals surface area contributed by atoms with Crippen LogP contribution in [0.25, 0.3) is 0 Å². The topological polar surface area (TPSA) is 113 Å². The second kappa shape index (κ2) is 10.2. The molecule has 0 atom stereocenters. The van der Waals surface area contributed by atoms with Gasteiger partial charge in [0, 0.05) is 22.5 Å². The van der Waals surface area contributed by atoms with Crippen molar-refractivity contribution in [1.82, 2.24) is 0 Å². The Morgan fingerprint density at radius 3 is 1.55 bits per heavy atom. The Labute approximate surface area is 246 Å². The average Bonchev–Trinajstić information content (AvgIpc) is 2.91. The maximum absolute atomic E-state index is 13.9. The van der Waals surface area contributed by atoms with Crippen LogP contribution in [-0.2, 0) is 20.9 Å². The Morgan fingerprint density at radius 2 is 1.10 bits per heavy atom. The van der Waals surface area contributed by atoms with Crippen molar-refractivity contribution in [3.63, 3.8) is 0 Å². The highest BCUT2D eigenvalue weighted by Crippen LogP contribution is 2.40. The fourth-order valence-corrected chi connectivity index (χ4v) is 6.16. The molecule has 1 aliphatic rings. The van der Waals surface area contributed by atoms with E-state index in [0.717, 1.165) is 11.3 Å². The molecule has 5 rings (SSSR count). The molecule has 4 aromatic carbocycles. The number of ketones is 2. The molecule has 0 aromatic heterocycles. The molecule has 0 spiro atoms. The van der Waals surface area contributed by atoms with Crippen LogP contribution in [0.15, 0.2) is 83.8 Å². The van der Waals surface area contributed by atoms with Crippen LogP contribution in [0.2, 0.25) is 0 Å². The van der Waals surface area contributed by atoms with Crippen LogP contribution in [-0.4, -0.2) is 24.5 Å². The van der Waals surface area contributed by atoms with Crippen LogP contribution in [0.5, 0.6) is 0 Å². The molecule has 0 saturated carbocycles. The van der Waals surface area contributed by atoms with Gasteiger partial charge in [0.1, 0.15) is 0 Å². The smallest absolute Gasteiger partial charge is 0.294 e. The zero-order chi connectivity index (χ0) is 30.6. The van der Waals surface area contributed by atoms with Crippen LogP contribution in [0, 0.1) is 0 Å². The van der Waals surface area contributed by atoms with Gasteiger partial charge in [-0.1, -0.05) is 84.0 Å². The van der Waals surface area contributed by atoms with Crippen LogP contribution in [0.4, 0.5) is 22.7 Å². The monoisotopic (exact) mass is 582 g/mol. The maximum Gasteiger partial charge on any atom is 0.294 e. The normalized spacial score (nSPS) is 13.4. The summed E-state index contributed by atoms with van der Waals surface area (Å²) in [6.07, 6.45) is 0. The van der Waals surface area contributed by atoms with Crippen molar-refractivity contribution >= 4 is 44.4 Å². The molecule has 0 amide bonds. The number of benzene rings is 4. The van der Waals surface area contributed by atoms with E-state index in [1.54, 1.807) is 48.5 Å². The van der Waals surface area contributed by atoms with Crippen LogP contribution in [0.1, 0.15) is 84.5 Å². The molecule has 0 bridgehead atoms. The molecule has 8 heteroatoms. The molecule has 0 aliphatic heterocycles. The molecule has 216 valence electrons. The Bertz CT molecular complexity index is 1840. The van der Waals surface area contributed by atoms with E-state index < -0.39 is 15.5 Å². The molecule has 0 saturated heterocycles. The van der Waals surface area contributed by atoms with Crippen LogP contribution >= 0.6 is 0 Å². The van der Waals surface area contributed by atoms with Gasteiger partial charge in [-0.05, 0) is 58.4 Å². The molecule has 0 radical (unpaired) electrons. The van der Waals surface area contributed by atoms with E-state index >= 15 is 0 Å². The molecule has 7 nitrogen and oxygen atoms in total. The first-order valence-corrected chi connectivity index (χ1v) is 15.1.